The van der Waals surface area contributed by atoms with Crippen LogP contribution in [0.15, 0.2) is 18.3 Å². The van der Waals surface area contributed by atoms with Crippen molar-refractivity contribution in [1.82, 2.24) is 4.98 Å². The minimum absolute atomic E-state index is 1.02. The molecule has 0 aliphatic carbocycles. The van der Waals surface area contributed by atoms with Crippen LogP contribution in [0.3, 0.4) is 0 Å². The summed E-state index contributed by atoms with van der Waals surface area (Å²) in [6.07, 6.45) is 7.06. The summed E-state index contributed by atoms with van der Waals surface area (Å²) in [4.78, 5) is 6.90. The SMILES string of the molecule is CCCNc1ccc(N2CCCCC2)nc1. The van der Waals surface area contributed by atoms with Gasteiger partial charge in [0, 0.05) is 19.6 Å². The predicted octanol–water partition coefficient (Wildman–Crippen LogP) is 2.89. The molecule has 16 heavy (non-hydrogen) atoms. The van der Waals surface area contributed by atoms with Crippen LogP contribution in [0.5, 0.6) is 0 Å². The minimum atomic E-state index is 1.02. The zero-order valence-electron chi connectivity index (χ0n) is 10.1. The minimum Gasteiger partial charge on any atom is -0.384 e. The standard InChI is InChI=1S/C13H21N3/c1-2-8-14-12-6-7-13(15-11-12)16-9-4-3-5-10-16/h6-7,11,14H,2-5,8-10H2,1H3. The highest BCUT2D eigenvalue weighted by Crippen LogP contribution is 2.18. The van der Waals surface area contributed by atoms with Crippen LogP contribution in [0, 0.1) is 0 Å². The molecular weight excluding hydrogens is 198 g/mol. The molecule has 88 valence electrons. The van der Waals surface area contributed by atoms with E-state index in [1.807, 2.05) is 6.20 Å². The Balaban J connectivity index is 1.95. The fourth-order valence-corrected chi connectivity index (χ4v) is 2.07. The third-order valence-corrected chi connectivity index (χ3v) is 3.01. The average Bonchev–Trinajstić information content (AvgIpc) is 2.38. The van der Waals surface area contributed by atoms with Crippen molar-refractivity contribution in [2.75, 3.05) is 29.9 Å². The van der Waals surface area contributed by atoms with E-state index in [1.165, 1.54) is 19.3 Å². The maximum Gasteiger partial charge on any atom is 0.128 e. The van der Waals surface area contributed by atoms with Crippen molar-refractivity contribution in [2.24, 2.45) is 0 Å². The van der Waals surface area contributed by atoms with Gasteiger partial charge in [-0.05, 0) is 37.8 Å². The molecule has 1 aromatic heterocycles. The molecule has 1 N–H and O–H groups in total. The molecule has 0 atom stereocenters. The summed E-state index contributed by atoms with van der Waals surface area (Å²) in [6.45, 7) is 5.51. The molecule has 0 bridgehead atoms. The topological polar surface area (TPSA) is 28.2 Å². The molecule has 0 spiro atoms. The molecule has 0 unspecified atom stereocenters. The van der Waals surface area contributed by atoms with Gasteiger partial charge in [-0.15, -0.1) is 0 Å². The molecule has 1 saturated heterocycles. The Morgan fingerprint density at radius 1 is 1.25 bits per heavy atom. The molecule has 1 fully saturated rings. The van der Waals surface area contributed by atoms with Gasteiger partial charge < -0.3 is 10.2 Å². The summed E-state index contributed by atoms with van der Waals surface area (Å²) in [7, 11) is 0. The van der Waals surface area contributed by atoms with Gasteiger partial charge in [-0.3, -0.25) is 0 Å². The highest BCUT2D eigenvalue weighted by molar-refractivity contribution is 5.48. The van der Waals surface area contributed by atoms with Crippen LogP contribution >= 0.6 is 0 Å². The van der Waals surface area contributed by atoms with Crippen LogP contribution in [0.4, 0.5) is 11.5 Å². The van der Waals surface area contributed by atoms with E-state index >= 15 is 0 Å². The van der Waals surface area contributed by atoms with Gasteiger partial charge in [-0.1, -0.05) is 6.92 Å². The van der Waals surface area contributed by atoms with Crippen molar-refractivity contribution in [1.29, 1.82) is 0 Å². The van der Waals surface area contributed by atoms with Crippen LogP contribution in [-0.4, -0.2) is 24.6 Å². The lowest BCUT2D eigenvalue weighted by Gasteiger charge is -2.27. The van der Waals surface area contributed by atoms with E-state index < -0.39 is 0 Å². The number of nitrogens with zero attached hydrogens (tertiary/aromatic N) is 2. The summed E-state index contributed by atoms with van der Waals surface area (Å²) < 4.78 is 0. The number of nitrogens with one attached hydrogen (secondary N) is 1. The molecule has 1 aliphatic heterocycles. The number of hydrogen-bond donors (Lipinski definition) is 1. The third kappa shape index (κ3) is 2.87. The van der Waals surface area contributed by atoms with Crippen molar-refractivity contribution in [2.45, 2.75) is 32.6 Å². The number of piperidine rings is 1. The lowest BCUT2D eigenvalue weighted by atomic mass is 10.1. The van der Waals surface area contributed by atoms with E-state index in [2.05, 4.69) is 34.3 Å². The summed E-state index contributed by atoms with van der Waals surface area (Å²) in [5.41, 5.74) is 1.13. The molecule has 0 radical (unpaired) electrons. The number of hydrogen-bond acceptors (Lipinski definition) is 3. The first-order valence-electron chi connectivity index (χ1n) is 6.35. The number of pyridine rings is 1. The monoisotopic (exact) mass is 219 g/mol. The van der Waals surface area contributed by atoms with Gasteiger partial charge in [-0.25, -0.2) is 4.98 Å². The van der Waals surface area contributed by atoms with E-state index in [4.69, 9.17) is 0 Å². The summed E-state index contributed by atoms with van der Waals surface area (Å²) in [5, 5.41) is 3.34. The molecule has 2 heterocycles. The summed E-state index contributed by atoms with van der Waals surface area (Å²) in [6, 6.07) is 4.26. The quantitative estimate of drug-likeness (QED) is 0.844. The van der Waals surface area contributed by atoms with Crippen LogP contribution in [0.1, 0.15) is 32.6 Å². The zero-order chi connectivity index (χ0) is 11.2. The van der Waals surface area contributed by atoms with Gasteiger partial charge in [0.15, 0.2) is 0 Å². The Bertz CT molecular complexity index is 301. The van der Waals surface area contributed by atoms with Gasteiger partial charge >= 0.3 is 0 Å². The predicted molar refractivity (Wildman–Crippen MR) is 69.1 cm³/mol. The second kappa shape index (κ2) is 5.73. The molecule has 0 aromatic carbocycles. The first kappa shape index (κ1) is 11.2. The van der Waals surface area contributed by atoms with Gasteiger partial charge in [0.1, 0.15) is 5.82 Å². The first-order valence-corrected chi connectivity index (χ1v) is 6.35. The van der Waals surface area contributed by atoms with Crippen molar-refractivity contribution < 1.29 is 0 Å². The maximum absolute atomic E-state index is 4.52. The Morgan fingerprint density at radius 2 is 2.06 bits per heavy atom. The highest BCUT2D eigenvalue weighted by Gasteiger charge is 2.11. The normalized spacial score (nSPS) is 16.2. The van der Waals surface area contributed by atoms with E-state index in [9.17, 15) is 0 Å². The molecule has 1 aliphatic rings. The van der Waals surface area contributed by atoms with Gasteiger partial charge in [0.25, 0.3) is 0 Å². The van der Waals surface area contributed by atoms with Crippen LogP contribution in [0.25, 0.3) is 0 Å². The lowest BCUT2D eigenvalue weighted by molar-refractivity contribution is 0.573. The number of rotatable bonds is 4. The van der Waals surface area contributed by atoms with Crippen molar-refractivity contribution in [3.63, 3.8) is 0 Å². The van der Waals surface area contributed by atoms with E-state index in [0.29, 0.717) is 0 Å². The van der Waals surface area contributed by atoms with Crippen molar-refractivity contribution in [3.05, 3.63) is 18.3 Å². The van der Waals surface area contributed by atoms with Crippen LogP contribution in [-0.2, 0) is 0 Å². The zero-order valence-corrected chi connectivity index (χ0v) is 10.1. The maximum atomic E-state index is 4.52. The third-order valence-electron chi connectivity index (χ3n) is 3.01. The molecule has 1 aromatic rings. The lowest BCUT2D eigenvalue weighted by Crippen LogP contribution is -2.30. The van der Waals surface area contributed by atoms with Crippen molar-refractivity contribution >= 4 is 11.5 Å². The smallest absolute Gasteiger partial charge is 0.128 e. The first-order chi connectivity index (χ1) is 7.90. The van der Waals surface area contributed by atoms with Crippen LogP contribution in [0.2, 0.25) is 0 Å². The molecule has 0 amide bonds. The van der Waals surface area contributed by atoms with E-state index in [1.54, 1.807) is 0 Å². The van der Waals surface area contributed by atoms with Crippen molar-refractivity contribution in [3.8, 4) is 0 Å². The second-order valence-electron chi connectivity index (χ2n) is 4.38. The Kier molecular flexibility index (Phi) is 4.03. The largest absolute Gasteiger partial charge is 0.384 e. The second-order valence-corrected chi connectivity index (χ2v) is 4.38. The highest BCUT2D eigenvalue weighted by atomic mass is 15.2. The summed E-state index contributed by atoms with van der Waals surface area (Å²) >= 11 is 0. The number of anilines is 2. The number of aromatic nitrogens is 1. The molecule has 3 nitrogen and oxygen atoms in total. The van der Waals surface area contributed by atoms with E-state index in [0.717, 1.165) is 37.6 Å². The van der Waals surface area contributed by atoms with Gasteiger partial charge in [0.05, 0.1) is 11.9 Å². The Morgan fingerprint density at radius 3 is 2.69 bits per heavy atom. The van der Waals surface area contributed by atoms with Gasteiger partial charge in [0.2, 0.25) is 0 Å². The van der Waals surface area contributed by atoms with E-state index in [-0.39, 0.29) is 0 Å². The Hall–Kier alpha value is -1.25. The molecular formula is C13H21N3. The van der Waals surface area contributed by atoms with Crippen LogP contribution < -0.4 is 10.2 Å². The molecule has 0 saturated carbocycles. The molecule has 3 heteroatoms. The fraction of sp³-hybridized carbons (Fsp3) is 0.615. The average molecular weight is 219 g/mol. The van der Waals surface area contributed by atoms with Gasteiger partial charge in [-0.2, -0.15) is 0 Å². The Labute approximate surface area is 97.9 Å². The summed E-state index contributed by atoms with van der Waals surface area (Å²) in [5.74, 6) is 1.13. The molecule has 2 rings (SSSR count). The fourth-order valence-electron chi connectivity index (χ4n) is 2.07.